The number of hydrogen-bond acceptors (Lipinski definition) is 5. The number of carbonyl (C=O) groups is 1. The monoisotopic (exact) mass is 418 g/mol. The molecule has 0 saturated heterocycles. The average Bonchev–Trinajstić information content (AvgIpc) is 3.30. The van der Waals surface area contributed by atoms with Gasteiger partial charge < -0.3 is 9.84 Å². The van der Waals surface area contributed by atoms with Crippen LogP contribution in [0.4, 0.5) is 13.2 Å². The molecule has 1 heterocycles. The van der Waals surface area contributed by atoms with Crippen molar-refractivity contribution in [2.45, 2.75) is 35.3 Å². The summed E-state index contributed by atoms with van der Waals surface area (Å²) < 4.78 is 71.8. The van der Waals surface area contributed by atoms with Gasteiger partial charge in [-0.3, -0.25) is 9.89 Å². The average molecular weight is 418 g/mol. The number of alkyl halides is 3. The Bertz CT molecular complexity index is 973. The van der Waals surface area contributed by atoms with Crippen LogP contribution in [-0.4, -0.2) is 48.2 Å². The van der Waals surface area contributed by atoms with E-state index in [0.717, 1.165) is 12.1 Å². The third kappa shape index (κ3) is 3.63. The first-order valence-corrected chi connectivity index (χ1v) is 9.81. The fourth-order valence-electron chi connectivity index (χ4n) is 3.49. The van der Waals surface area contributed by atoms with Gasteiger partial charge >= 0.3 is 12.1 Å². The first-order valence-electron chi connectivity index (χ1n) is 8.26. The number of methoxy groups -OCH3 is 1. The molecule has 11 heteroatoms. The van der Waals surface area contributed by atoms with Crippen LogP contribution in [0.2, 0.25) is 0 Å². The van der Waals surface area contributed by atoms with Crippen molar-refractivity contribution >= 4 is 15.8 Å². The lowest BCUT2D eigenvalue weighted by Crippen LogP contribution is -2.24. The number of nitrogens with one attached hydrogen (secondary N) is 1. The van der Waals surface area contributed by atoms with Crippen LogP contribution in [0.25, 0.3) is 11.3 Å². The number of aromatic amines is 1. The lowest BCUT2D eigenvalue weighted by atomic mass is 10.1. The molecule has 1 aromatic heterocycles. The normalized spacial score (nSPS) is 23.1. The van der Waals surface area contributed by atoms with E-state index in [9.17, 15) is 31.5 Å². The Morgan fingerprint density at radius 1 is 1.29 bits per heavy atom. The number of aliphatic carboxylic acids is 1. The van der Waals surface area contributed by atoms with E-state index in [4.69, 9.17) is 4.74 Å². The lowest BCUT2D eigenvalue weighted by molar-refractivity contribution is -0.145. The van der Waals surface area contributed by atoms with Gasteiger partial charge in [-0.25, -0.2) is 8.42 Å². The van der Waals surface area contributed by atoms with Crippen molar-refractivity contribution in [2.24, 2.45) is 5.92 Å². The van der Waals surface area contributed by atoms with Gasteiger partial charge in [-0.2, -0.15) is 18.3 Å². The molecule has 1 saturated carbocycles. The SMILES string of the molecule is CO[C@H]1C[C@@H](S(=O)(=O)c2ccc(-c3cc[nH]n3)cc2C(F)(F)F)C[C@@H]1C(=O)O. The number of rotatable bonds is 5. The molecule has 152 valence electrons. The van der Waals surface area contributed by atoms with Crippen LogP contribution >= 0.6 is 0 Å². The van der Waals surface area contributed by atoms with Crippen molar-refractivity contribution in [1.82, 2.24) is 10.2 Å². The van der Waals surface area contributed by atoms with Gasteiger partial charge in [0, 0.05) is 18.9 Å². The van der Waals surface area contributed by atoms with Gasteiger partial charge in [0.25, 0.3) is 0 Å². The summed E-state index contributed by atoms with van der Waals surface area (Å²) >= 11 is 0. The highest BCUT2D eigenvalue weighted by Crippen LogP contribution is 2.41. The molecule has 1 aliphatic rings. The van der Waals surface area contributed by atoms with Crippen molar-refractivity contribution < 1.29 is 36.2 Å². The smallest absolute Gasteiger partial charge is 0.417 e. The molecule has 0 bridgehead atoms. The summed E-state index contributed by atoms with van der Waals surface area (Å²) in [4.78, 5) is 10.4. The van der Waals surface area contributed by atoms with Crippen molar-refractivity contribution in [3.05, 3.63) is 36.0 Å². The van der Waals surface area contributed by atoms with Crippen LogP contribution in [0.5, 0.6) is 0 Å². The second kappa shape index (κ2) is 7.21. The Morgan fingerprint density at radius 2 is 2.00 bits per heavy atom. The van der Waals surface area contributed by atoms with E-state index < -0.39 is 49.7 Å². The number of carboxylic acids is 1. The van der Waals surface area contributed by atoms with Crippen LogP contribution in [0.1, 0.15) is 18.4 Å². The van der Waals surface area contributed by atoms with Crippen LogP contribution in [0.15, 0.2) is 35.4 Å². The first kappa shape index (κ1) is 20.3. The summed E-state index contributed by atoms with van der Waals surface area (Å²) in [6, 6.07) is 4.34. The second-order valence-electron chi connectivity index (χ2n) is 6.53. The third-order valence-electron chi connectivity index (χ3n) is 4.91. The Labute approximate surface area is 158 Å². The van der Waals surface area contributed by atoms with E-state index in [-0.39, 0.29) is 24.1 Å². The summed E-state index contributed by atoms with van der Waals surface area (Å²) in [5.41, 5.74) is -0.960. The number of hydrogen-bond donors (Lipinski definition) is 2. The van der Waals surface area contributed by atoms with Crippen molar-refractivity contribution in [3.8, 4) is 11.3 Å². The van der Waals surface area contributed by atoms with Gasteiger partial charge in [-0.05, 0) is 31.0 Å². The summed E-state index contributed by atoms with van der Waals surface area (Å²) in [7, 11) is -3.19. The molecule has 0 amide bonds. The van der Waals surface area contributed by atoms with E-state index in [1.54, 1.807) is 0 Å². The Morgan fingerprint density at radius 3 is 2.50 bits per heavy atom. The van der Waals surface area contributed by atoms with Gasteiger partial charge in [-0.1, -0.05) is 6.07 Å². The first-order chi connectivity index (χ1) is 13.1. The van der Waals surface area contributed by atoms with E-state index in [1.807, 2.05) is 0 Å². The standard InChI is InChI=1S/C17H17F3N2O5S/c1-27-14-8-10(7-11(14)16(23)24)28(25,26)15-3-2-9(13-4-5-21-22-13)6-12(15)17(18,19)20/h2-6,10-11,14H,7-8H2,1H3,(H,21,22)(H,23,24)/t10-,11-,14-/m0/s1. The van der Waals surface area contributed by atoms with Crippen molar-refractivity contribution in [1.29, 1.82) is 0 Å². The third-order valence-corrected chi connectivity index (χ3v) is 7.14. The van der Waals surface area contributed by atoms with Crippen LogP contribution in [0, 0.1) is 5.92 Å². The highest BCUT2D eigenvalue weighted by Gasteiger charge is 2.47. The summed E-state index contributed by atoms with van der Waals surface area (Å²) in [5, 5.41) is 14.2. The molecule has 0 aliphatic heterocycles. The van der Waals surface area contributed by atoms with Crippen LogP contribution < -0.4 is 0 Å². The number of carboxylic acid groups (broad SMARTS) is 1. The van der Waals surface area contributed by atoms with E-state index in [2.05, 4.69) is 10.2 Å². The minimum absolute atomic E-state index is 0.108. The molecule has 1 aromatic carbocycles. The summed E-state index contributed by atoms with van der Waals surface area (Å²) in [5.74, 6) is -2.34. The minimum Gasteiger partial charge on any atom is -0.481 e. The highest BCUT2D eigenvalue weighted by molar-refractivity contribution is 7.92. The predicted molar refractivity (Wildman–Crippen MR) is 91.2 cm³/mol. The summed E-state index contributed by atoms with van der Waals surface area (Å²) in [6.07, 6.45) is -4.86. The fourth-order valence-corrected chi connectivity index (χ4v) is 5.49. The molecule has 1 fully saturated rings. The predicted octanol–water partition coefficient (Wildman–Crippen LogP) is 2.75. The van der Waals surface area contributed by atoms with Crippen LogP contribution in [-0.2, 0) is 25.5 Å². The molecule has 28 heavy (non-hydrogen) atoms. The fraction of sp³-hybridized carbons (Fsp3) is 0.412. The number of benzene rings is 1. The molecule has 2 aromatic rings. The van der Waals surface area contributed by atoms with Gasteiger partial charge in [0.05, 0.1) is 33.4 Å². The van der Waals surface area contributed by atoms with Gasteiger partial charge in [0.1, 0.15) is 0 Å². The zero-order valence-corrected chi connectivity index (χ0v) is 15.4. The zero-order valence-electron chi connectivity index (χ0n) is 14.6. The van der Waals surface area contributed by atoms with Gasteiger partial charge in [0.15, 0.2) is 9.84 Å². The number of halogens is 3. The molecule has 3 rings (SSSR count). The molecule has 7 nitrogen and oxygen atoms in total. The minimum atomic E-state index is -4.92. The molecular weight excluding hydrogens is 401 g/mol. The second-order valence-corrected chi connectivity index (χ2v) is 8.72. The number of aromatic nitrogens is 2. The molecular formula is C17H17F3N2O5S. The zero-order chi connectivity index (χ0) is 20.7. The quantitative estimate of drug-likeness (QED) is 0.773. The molecule has 0 unspecified atom stereocenters. The molecule has 1 aliphatic carbocycles. The largest absolute Gasteiger partial charge is 0.481 e. The number of H-pyrrole nitrogens is 1. The topological polar surface area (TPSA) is 109 Å². The Balaban J connectivity index is 2.06. The van der Waals surface area contributed by atoms with E-state index >= 15 is 0 Å². The molecule has 0 spiro atoms. The maximum absolute atomic E-state index is 13.6. The van der Waals surface area contributed by atoms with Crippen molar-refractivity contribution in [3.63, 3.8) is 0 Å². The van der Waals surface area contributed by atoms with Crippen molar-refractivity contribution in [2.75, 3.05) is 7.11 Å². The number of nitrogens with zero attached hydrogens (tertiary/aromatic N) is 1. The Kier molecular flexibility index (Phi) is 5.24. The number of sulfone groups is 1. The van der Waals surface area contributed by atoms with E-state index in [0.29, 0.717) is 0 Å². The maximum atomic E-state index is 13.6. The maximum Gasteiger partial charge on any atom is 0.417 e. The van der Waals surface area contributed by atoms with Gasteiger partial charge in [0.2, 0.25) is 0 Å². The molecule has 2 N–H and O–H groups in total. The molecule has 0 radical (unpaired) electrons. The van der Waals surface area contributed by atoms with Crippen LogP contribution in [0.3, 0.4) is 0 Å². The molecule has 3 atom stereocenters. The summed E-state index contributed by atoms with van der Waals surface area (Å²) in [6.45, 7) is 0. The highest BCUT2D eigenvalue weighted by atomic mass is 32.2. The number of ether oxygens (including phenoxy) is 1. The lowest BCUT2D eigenvalue weighted by Gasteiger charge is -2.18. The van der Waals surface area contributed by atoms with E-state index in [1.165, 1.54) is 25.4 Å². The Hall–Kier alpha value is -2.40. The van der Waals surface area contributed by atoms with Gasteiger partial charge in [-0.15, -0.1) is 0 Å².